The molecule has 0 aliphatic carbocycles. The average molecular weight is 649 g/mol. The highest BCUT2D eigenvalue weighted by molar-refractivity contribution is 7.47. The molecule has 0 aliphatic rings. The van der Waals surface area contributed by atoms with Crippen LogP contribution in [0.3, 0.4) is 0 Å². The molecule has 0 bridgehead atoms. The van der Waals surface area contributed by atoms with E-state index >= 15 is 0 Å². The number of rotatable bonds is 33. The molecule has 0 fully saturated rings. The highest BCUT2D eigenvalue weighted by Crippen LogP contribution is 2.43. The second-order valence-corrected chi connectivity index (χ2v) is 13.7. The molecule has 262 valence electrons. The molecule has 0 spiro atoms. The zero-order valence-electron chi connectivity index (χ0n) is 28.3. The van der Waals surface area contributed by atoms with Gasteiger partial charge >= 0.3 is 7.82 Å². The Morgan fingerprint density at radius 3 is 1.75 bits per heavy atom. The van der Waals surface area contributed by atoms with E-state index in [-0.39, 0.29) is 19.6 Å². The lowest BCUT2D eigenvalue weighted by Crippen LogP contribution is -2.46. The first kappa shape index (κ1) is 43.2. The number of unbranched alkanes of at least 4 members (excludes halogenated alkanes) is 19. The number of aliphatic hydroxyl groups is 2. The highest BCUT2D eigenvalue weighted by atomic mass is 31.2. The van der Waals surface area contributed by atoms with Gasteiger partial charge in [-0.05, 0) is 19.3 Å². The third kappa shape index (κ3) is 28.7. The van der Waals surface area contributed by atoms with Crippen LogP contribution in [0.1, 0.15) is 162 Å². The molecule has 0 radical (unpaired) electrons. The summed E-state index contributed by atoms with van der Waals surface area (Å²) in [5.41, 5.74) is 5.32. The minimum absolute atomic E-state index is 0.0507. The zero-order chi connectivity index (χ0) is 32.7. The summed E-state index contributed by atoms with van der Waals surface area (Å²) in [5.74, 6) is -0.449. The first-order valence-corrected chi connectivity index (χ1v) is 19.4. The Balaban J connectivity index is 4.36. The van der Waals surface area contributed by atoms with Gasteiger partial charge in [-0.25, -0.2) is 4.57 Å². The van der Waals surface area contributed by atoms with E-state index in [9.17, 15) is 24.5 Å². The highest BCUT2D eigenvalue weighted by Gasteiger charge is 2.27. The normalized spacial score (nSPS) is 15.3. The van der Waals surface area contributed by atoms with Gasteiger partial charge in [0.1, 0.15) is 0 Å². The van der Waals surface area contributed by atoms with Gasteiger partial charge in [-0.15, -0.1) is 0 Å². The number of allylic oxidation sites excluding steroid dienone is 1. The number of carbonyl (C=O) groups is 1. The van der Waals surface area contributed by atoms with Crippen molar-refractivity contribution in [2.75, 3.05) is 19.8 Å². The first-order chi connectivity index (χ1) is 21.3. The quantitative estimate of drug-likeness (QED) is 0.0274. The van der Waals surface area contributed by atoms with E-state index in [0.29, 0.717) is 6.42 Å². The summed E-state index contributed by atoms with van der Waals surface area (Å²) in [6.07, 6.45) is 27.4. The van der Waals surface area contributed by atoms with E-state index in [0.717, 1.165) is 38.5 Å². The number of nitrogens with two attached hydrogens (primary N) is 1. The van der Waals surface area contributed by atoms with Gasteiger partial charge in [0.2, 0.25) is 5.91 Å². The number of hydrogen-bond acceptors (Lipinski definition) is 7. The minimum Gasteiger partial charge on any atom is -0.393 e. The van der Waals surface area contributed by atoms with Gasteiger partial charge in [0.15, 0.2) is 0 Å². The van der Waals surface area contributed by atoms with Crippen LogP contribution in [0.5, 0.6) is 0 Å². The largest absolute Gasteiger partial charge is 0.472 e. The van der Waals surface area contributed by atoms with Crippen LogP contribution in [0.25, 0.3) is 0 Å². The van der Waals surface area contributed by atoms with E-state index in [2.05, 4.69) is 19.2 Å². The van der Waals surface area contributed by atoms with Crippen molar-refractivity contribution in [3.8, 4) is 0 Å². The molecule has 6 N–H and O–H groups in total. The van der Waals surface area contributed by atoms with Crippen molar-refractivity contribution in [3.63, 3.8) is 0 Å². The van der Waals surface area contributed by atoms with Crippen molar-refractivity contribution in [3.05, 3.63) is 12.2 Å². The standard InChI is InChI=1S/C34H69N2O7P/c1-3-5-7-9-11-13-14-15-16-17-18-19-21-23-25-31(37)29-34(39)36-32(30-43-44(40,41)42-28-27-35)33(38)26-24-22-20-12-10-8-6-4-2/h24,26,31-33,37-38H,3-23,25,27-30,35H2,1-2H3,(H,36,39)(H,40,41)/b26-24+. The third-order valence-electron chi connectivity index (χ3n) is 7.92. The van der Waals surface area contributed by atoms with Crippen molar-refractivity contribution >= 4 is 13.7 Å². The average Bonchev–Trinajstić information content (AvgIpc) is 2.99. The lowest BCUT2D eigenvalue weighted by molar-refractivity contribution is -0.124. The molecular weight excluding hydrogens is 579 g/mol. The molecule has 0 saturated carbocycles. The summed E-state index contributed by atoms with van der Waals surface area (Å²) in [7, 11) is -4.38. The van der Waals surface area contributed by atoms with E-state index in [1.807, 2.05) is 6.08 Å². The van der Waals surface area contributed by atoms with Crippen LogP contribution >= 0.6 is 7.82 Å². The molecule has 1 amide bonds. The summed E-state index contributed by atoms with van der Waals surface area (Å²) in [5, 5.41) is 23.8. The molecule has 0 aromatic heterocycles. The molecule has 4 atom stereocenters. The summed E-state index contributed by atoms with van der Waals surface area (Å²) in [6.45, 7) is 3.90. The molecule has 0 rings (SSSR count). The summed E-state index contributed by atoms with van der Waals surface area (Å²) < 4.78 is 21.9. The number of phosphoric ester groups is 1. The number of carbonyl (C=O) groups excluding carboxylic acids is 1. The van der Waals surface area contributed by atoms with Gasteiger partial charge in [-0.2, -0.15) is 0 Å². The first-order valence-electron chi connectivity index (χ1n) is 17.9. The number of phosphoric acid groups is 1. The lowest BCUT2D eigenvalue weighted by Gasteiger charge is -2.24. The van der Waals surface area contributed by atoms with Crippen LogP contribution in [0.4, 0.5) is 0 Å². The molecule has 0 heterocycles. The summed E-state index contributed by atoms with van der Waals surface area (Å²) in [4.78, 5) is 22.5. The Morgan fingerprint density at radius 1 is 0.773 bits per heavy atom. The van der Waals surface area contributed by atoms with E-state index in [1.165, 1.54) is 96.3 Å². The lowest BCUT2D eigenvalue weighted by atomic mass is 10.0. The Kier molecular flexibility index (Phi) is 30.3. The van der Waals surface area contributed by atoms with Crippen molar-refractivity contribution < 1.29 is 33.5 Å². The Bertz CT molecular complexity index is 726. The van der Waals surface area contributed by atoms with Crippen LogP contribution in [-0.4, -0.2) is 59.0 Å². The molecule has 10 heteroatoms. The predicted molar refractivity (Wildman–Crippen MR) is 181 cm³/mol. The maximum absolute atomic E-state index is 12.7. The van der Waals surface area contributed by atoms with Crippen molar-refractivity contribution in [1.29, 1.82) is 0 Å². The minimum atomic E-state index is -4.38. The van der Waals surface area contributed by atoms with Crippen molar-refractivity contribution in [2.45, 2.75) is 180 Å². The molecule has 9 nitrogen and oxygen atoms in total. The van der Waals surface area contributed by atoms with Crippen LogP contribution in [0.2, 0.25) is 0 Å². The smallest absolute Gasteiger partial charge is 0.393 e. The molecular formula is C34H69N2O7P. The van der Waals surface area contributed by atoms with E-state index in [1.54, 1.807) is 6.08 Å². The van der Waals surface area contributed by atoms with E-state index < -0.39 is 38.6 Å². The number of nitrogens with one attached hydrogen (secondary N) is 1. The Morgan fingerprint density at radius 2 is 1.25 bits per heavy atom. The number of amides is 1. The van der Waals surface area contributed by atoms with Gasteiger partial charge in [0.05, 0.1) is 37.9 Å². The Hall–Kier alpha value is -0.800. The maximum atomic E-state index is 12.7. The third-order valence-corrected chi connectivity index (χ3v) is 8.90. The fraction of sp³-hybridized carbons (Fsp3) is 0.912. The predicted octanol–water partition coefficient (Wildman–Crippen LogP) is 7.85. The second kappa shape index (κ2) is 30.8. The monoisotopic (exact) mass is 648 g/mol. The van der Waals surface area contributed by atoms with Gasteiger partial charge in [0.25, 0.3) is 0 Å². The van der Waals surface area contributed by atoms with Crippen molar-refractivity contribution in [2.24, 2.45) is 5.73 Å². The van der Waals surface area contributed by atoms with Crippen LogP contribution in [-0.2, 0) is 18.4 Å². The maximum Gasteiger partial charge on any atom is 0.472 e. The fourth-order valence-corrected chi connectivity index (χ4v) is 5.93. The molecule has 44 heavy (non-hydrogen) atoms. The van der Waals surface area contributed by atoms with E-state index in [4.69, 9.17) is 14.8 Å². The van der Waals surface area contributed by atoms with Crippen LogP contribution in [0, 0.1) is 0 Å². The molecule has 0 aromatic rings. The fourth-order valence-electron chi connectivity index (χ4n) is 5.17. The van der Waals surface area contributed by atoms with Crippen LogP contribution in [0.15, 0.2) is 12.2 Å². The van der Waals surface area contributed by atoms with Crippen molar-refractivity contribution in [1.82, 2.24) is 5.32 Å². The summed E-state index contributed by atoms with van der Waals surface area (Å²) >= 11 is 0. The number of aliphatic hydroxyl groups excluding tert-OH is 2. The van der Waals surface area contributed by atoms with Crippen LogP contribution < -0.4 is 11.1 Å². The molecule has 0 saturated heterocycles. The SMILES string of the molecule is CCCCCCCC/C=C/C(O)C(COP(=O)(O)OCCN)NC(=O)CC(O)CCCCCCCCCCCCCCCC. The zero-order valence-corrected chi connectivity index (χ0v) is 29.2. The summed E-state index contributed by atoms with van der Waals surface area (Å²) in [6, 6.07) is -0.974. The van der Waals surface area contributed by atoms with Gasteiger partial charge in [-0.3, -0.25) is 13.8 Å². The topological polar surface area (TPSA) is 151 Å². The molecule has 4 unspecified atom stereocenters. The van der Waals surface area contributed by atoms with Gasteiger partial charge < -0.3 is 26.2 Å². The second-order valence-electron chi connectivity index (χ2n) is 12.3. The molecule has 0 aliphatic heterocycles. The van der Waals surface area contributed by atoms with Gasteiger partial charge in [-0.1, -0.05) is 148 Å². The molecule has 0 aromatic carbocycles. The Labute approximate surface area is 269 Å². The number of hydrogen-bond donors (Lipinski definition) is 5. The van der Waals surface area contributed by atoms with Gasteiger partial charge in [0, 0.05) is 6.54 Å².